The molecular weight excluding hydrogens is 290 g/mol. The van der Waals surface area contributed by atoms with Crippen LogP contribution in [0.15, 0.2) is 18.2 Å². The van der Waals surface area contributed by atoms with Crippen LogP contribution in [0.2, 0.25) is 0 Å². The molecule has 4 heteroatoms. The molecule has 0 N–H and O–H groups in total. The second-order valence-electron chi connectivity index (χ2n) is 6.93. The van der Waals surface area contributed by atoms with Crippen LogP contribution in [-0.4, -0.2) is 30.6 Å². The van der Waals surface area contributed by atoms with Crippen LogP contribution in [0.5, 0.6) is 11.5 Å². The molecule has 1 aliphatic carbocycles. The lowest BCUT2D eigenvalue weighted by atomic mass is 9.88. The van der Waals surface area contributed by atoms with Gasteiger partial charge in [0.05, 0.1) is 6.04 Å². The number of hydrogen-bond acceptors (Lipinski definition) is 3. The van der Waals surface area contributed by atoms with Crippen molar-refractivity contribution in [3.05, 3.63) is 23.8 Å². The number of nitrogens with zero attached hydrogens (tertiary/aromatic N) is 1. The number of likely N-dealkylation sites (tertiary alicyclic amines) is 1. The third kappa shape index (κ3) is 2.91. The Morgan fingerprint density at radius 1 is 0.957 bits per heavy atom. The fourth-order valence-electron chi connectivity index (χ4n) is 4.23. The average molecular weight is 315 g/mol. The summed E-state index contributed by atoms with van der Waals surface area (Å²) in [6.07, 6.45) is 8.00. The van der Waals surface area contributed by atoms with Crippen LogP contribution in [0, 0.1) is 5.92 Å². The van der Waals surface area contributed by atoms with E-state index in [0.717, 1.165) is 43.7 Å². The van der Waals surface area contributed by atoms with Crippen LogP contribution in [0.3, 0.4) is 0 Å². The van der Waals surface area contributed by atoms with Gasteiger partial charge in [-0.2, -0.15) is 0 Å². The Kier molecular flexibility index (Phi) is 4.15. The first kappa shape index (κ1) is 14.9. The molecule has 2 fully saturated rings. The Bertz CT molecular complexity index is 580. The average Bonchev–Trinajstić information content (AvgIpc) is 3.11. The molecule has 1 atom stereocenters. The van der Waals surface area contributed by atoms with Crippen molar-refractivity contribution in [2.24, 2.45) is 5.92 Å². The van der Waals surface area contributed by atoms with Gasteiger partial charge in [-0.3, -0.25) is 4.79 Å². The number of ether oxygens (including phenoxy) is 2. The van der Waals surface area contributed by atoms with Gasteiger partial charge in [-0.1, -0.05) is 25.3 Å². The summed E-state index contributed by atoms with van der Waals surface area (Å²) in [6.45, 7) is 2.11. The van der Waals surface area contributed by atoms with Gasteiger partial charge in [-0.15, -0.1) is 0 Å². The zero-order valence-electron chi connectivity index (χ0n) is 13.6. The fourth-order valence-corrected chi connectivity index (χ4v) is 4.23. The Balaban J connectivity index is 1.54. The molecule has 0 bridgehead atoms. The molecule has 1 saturated carbocycles. The highest BCUT2D eigenvalue weighted by atomic mass is 16.6. The second kappa shape index (κ2) is 6.42. The molecule has 1 amide bonds. The zero-order valence-corrected chi connectivity index (χ0v) is 13.6. The summed E-state index contributed by atoms with van der Waals surface area (Å²) >= 11 is 0. The standard InChI is InChI=1S/C19H25NO3/c21-19(14-5-2-1-3-6-14)20-10-4-7-16(20)15-8-9-17-18(13-15)23-12-11-22-17/h8-9,13-14,16H,1-7,10-12H2/t16-/m0/s1. The number of hydrogen-bond donors (Lipinski definition) is 0. The number of carbonyl (C=O) groups excluding carboxylic acids is 1. The molecule has 2 heterocycles. The molecular formula is C19H25NO3. The predicted molar refractivity (Wildman–Crippen MR) is 87.7 cm³/mol. The van der Waals surface area contributed by atoms with E-state index in [4.69, 9.17) is 9.47 Å². The molecule has 0 radical (unpaired) electrons. The number of amides is 1. The lowest BCUT2D eigenvalue weighted by Crippen LogP contribution is -2.36. The van der Waals surface area contributed by atoms with Crippen molar-refractivity contribution in [1.29, 1.82) is 0 Å². The van der Waals surface area contributed by atoms with Crippen LogP contribution >= 0.6 is 0 Å². The van der Waals surface area contributed by atoms with Crippen molar-refractivity contribution in [1.82, 2.24) is 4.90 Å². The molecule has 4 rings (SSSR count). The maximum Gasteiger partial charge on any atom is 0.226 e. The summed E-state index contributed by atoms with van der Waals surface area (Å²) < 4.78 is 11.3. The summed E-state index contributed by atoms with van der Waals surface area (Å²) in [7, 11) is 0. The minimum atomic E-state index is 0.209. The highest BCUT2D eigenvalue weighted by Crippen LogP contribution is 2.39. The van der Waals surface area contributed by atoms with Gasteiger partial charge in [0.1, 0.15) is 13.2 Å². The van der Waals surface area contributed by atoms with E-state index >= 15 is 0 Å². The zero-order chi connectivity index (χ0) is 15.6. The first-order valence-electron chi connectivity index (χ1n) is 9.03. The van der Waals surface area contributed by atoms with Gasteiger partial charge >= 0.3 is 0 Å². The Morgan fingerprint density at radius 3 is 2.57 bits per heavy atom. The van der Waals surface area contributed by atoms with Gasteiger partial charge in [0, 0.05) is 12.5 Å². The van der Waals surface area contributed by atoms with Crippen molar-refractivity contribution in [3.63, 3.8) is 0 Å². The Labute approximate surface area is 137 Å². The topological polar surface area (TPSA) is 38.8 Å². The fraction of sp³-hybridized carbons (Fsp3) is 0.632. The van der Waals surface area contributed by atoms with E-state index in [-0.39, 0.29) is 12.0 Å². The van der Waals surface area contributed by atoms with Gasteiger partial charge < -0.3 is 14.4 Å². The van der Waals surface area contributed by atoms with Crippen molar-refractivity contribution in [2.75, 3.05) is 19.8 Å². The van der Waals surface area contributed by atoms with Crippen molar-refractivity contribution < 1.29 is 14.3 Å². The lowest BCUT2D eigenvalue weighted by molar-refractivity contribution is -0.137. The molecule has 0 aromatic heterocycles. The summed E-state index contributed by atoms with van der Waals surface area (Å²) in [5.74, 6) is 2.28. The van der Waals surface area contributed by atoms with Gasteiger partial charge in [-0.05, 0) is 43.4 Å². The lowest BCUT2D eigenvalue weighted by Gasteiger charge is -2.31. The van der Waals surface area contributed by atoms with E-state index in [2.05, 4.69) is 17.0 Å². The van der Waals surface area contributed by atoms with Crippen LogP contribution in [0.1, 0.15) is 56.6 Å². The van der Waals surface area contributed by atoms with E-state index in [0.29, 0.717) is 19.1 Å². The third-order valence-corrected chi connectivity index (χ3v) is 5.44. The van der Waals surface area contributed by atoms with E-state index in [9.17, 15) is 4.79 Å². The molecule has 0 spiro atoms. The van der Waals surface area contributed by atoms with Crippen molar-refractivity contribution in [2.45, 2.75) is 51.0 Å². The van der Waals surface area contributed by atoms with Crippen LogP contribution < -0.4 is 9.47 Å². The largest absolute Gasteiger partial charge is 0.486 e. The quantitative estimate of drug-likeness (QED) is 0.835. The van der Waals surface area contributed by atoms with E-state index < -0.39 is 0 Å². The van der Waals surface area contributed by atoms with Crippen molar-refractivity contribution >= 4 is 5.91 Å². The van der Waals surface area contributed by atoms with Crippen LogP contribution in [0.25, 0.3) is 0 Å². The minimum Gasteiger partial charge on any atom is -0.486 e. The molecule has 1 aromatic rings. The SMILES string of the molecule is O=C(C1CCCCC1)N1CCC[C@H]1c1ccc2c(c1)OCCO2. The van der Waals surface area contributed by atoms with E-state index in [1.165, 1.54) is 24.8 Å². The number of fused-ring (bicyclic) bond motifs is 1. The molecule has 1 aromatic carbocycles. The Hall–Kier alpha value is -1.71. The summed E-state index contributed by atoms with van der Waals surface area (Å²) in [5, 5.41) is 0. The molecule has 23 heavy (non-hydrogen) atoms. The molecule has 3 aliphatic rings. The normalized spacial score (nSPS) is 24.7. The smallest absolute Gasteiger partial charge is 0.226 e. The highest BCUT2D eigenvalue weighted by molar-refractivity contribution is 5.79. The second-order valence-corrected chi connectivity index (χ2v) is 6.93. The van der Waals surface area contributed by atoms with Gasteiger partial charge in [-0.25, -0.2) is 0 Å². The third-order valence-electron chi connectivity index (χ3n) is 5.44. The summed E-state index contributed by atoms with van der Waals surface area (Å²) in [4.78, 5) is 15.1. The van der Waals surface area contributed by atoms with E-state index in [1.54, 1.807) is 0 Å². The monoisotopic (exact) mass is 315 g/mol. The van der Waals surface area contributed by atoms with Crippen molar-refractivity contribution in [3.8, 4) is 11.5 Å². The number of benzene rings is 1. The van der Waals surface area contributed by atoms with Gasteiger partial charge in [0.15, 0.2) is 11.5 Å². The number of rotatable bonds is 2. The minimum absolute atomic E-state index is 0.209. The summed E-state index contributed by atoms with van der Waals surface area (Å²) in [6, 6.07) is 6.38. The Morgan fingerprint density at radius 2 is 1.74 bits per heavy atom. The molecule has 4 nitrogen and oxygen atoms in total. The molecule has 1 saturated heterocycles. The maximum absolute atomic E-state index is 12.9. The summed E-state index contributed by atoms with van der Waals surface area (Å²) in [5.41, 5.74) is 1.19. The maximum atomic E-state index is 12.9. The van der Waals surface area contributed by atoms with Gasteiger partial charge in [0.25, 0.3) is 0 Å². The molecule has 0 unspecified atom stereocenters. The van der Waals surface area contributed by atoms with Gasteiger partial charge in [0.2, 0.25) is 5.91 Å². The first-order chi connectivity index (χ1) is 11.3. The molecule has 2 aliphatic heterocycles. The van der Waals surface area contributed by atoms with Crippen LogP contribution in [-0.2, 0) is 4.79 Å². The van der Waals surface area contributed by atoms with Crippen LogP contribution in [0.4, 0.5) is 0 Å². The van der Waals surface area contributed by atoms with E-state index in [1.807, 2.05) is 6.07 Å². The highest BCUT2D eigenvalue weighted by Gasteiger charge is 2.34. The first-order valence-corrected chi connectivity index (χ1v) is 9.03. The number of carbonyl (C=O) groups is 1. The molecule has 124 valence electrons. The predicted octanol–water partition coefficient (Wildman–Crippen LogP) is 3.70.